The lowest BCUT2D eigenvalue weighted by atomic mass is 10.1. The van der Waals surface area contributed by atoms with E-state index >= 15 is 0 Å². The van der Waals surface area contributed by atoms with Crippen molar-refractivity contribution >= 4 is 29.5 Å². The van der Waals surface area contributed by atoms with Crippen molar-refractivity contribution in [3.8, 4) is 5.75 Å². The van der Waals surface area contributed by atoms with E-state index in [4.69, 9.17) is 9.47 Å². The molecule has 1 fully saturated rings. The summed E-state index contributed by atoms with van der Waals surface area (Å²) in [7, 11) is 0. The Kier molecular flexibility index (Phi) is 6.75. The molecule has 0 bridgehead atoms. The highest BCUT2D eigenvalue weighted by molar-refractivity contribution is 6.03. The summed E-state index contributed by atoms with van der Waals surface area (Å²) in [6.45, 7) is 2.69. The number of aryl methyl sites for hydroxylation is 2. The second-order valence-electron chi connectivity index (χ2n) is 8.14. The Hall–Kier alpha value is -3.33. The minimum absolute atomic E-state index is 0.106. The number of carbonyl (C=O) groups excluding carboxylic acids is 2. The van der Waals surface area contributed by atoms with Gasteiger partial charge in [-0.15, -0.1) is 0 Å². The van der Waals surface area contributed by atoms with Gasteiger partial charge in [0.25, 0.3) is 5.91 Å². The maximum atomic E-state index is 12.7. The van der Waals surface area contributed by atoms with E-state index in [0.717, 1.165) is 31.4 Å². The molecular weight excluding hydrogens is 410 g/mol. The van der Waals surface area contributed by atoms with Crippen molar-refractivity contribution < 1.29 is 19.1 Å². The Labute approximate surface area is 186 Å². The summed E-state index contributed by atoms with van der Waals surface area (Å²) in [5.41, 5.74) is 8.49. The van der Waals surface area contributed by atoms with Gasteiger partial charge in [0.2, 0.25) is 12.1 Å². The Morgan fingerprint density at radius 3 is 2.75 bits per heavy atom. The fourth-order valence-corrected chi connectivity index (χ4v) is 4.09. The zero-order chi connectivity index (χ0) is 22.5. The summed E-state index contributed by atoms with van der Waals surface area (Å²) in [5, 5.41) is 6.38. The van der Waals surface area contributed by atoms with Gasteiger partial charge in [0.1, 0.15) is 5.75 Å². The molecule has 5 N–H and O–H groups in total. The average Bonchev–Trinajstić information content (AvgIpc) is 3.40. The highest BCUT2D eigenvalue weighted by Gasteiger charge is 2.25. The van der Waals surface area contributed by atoms with Gasteiger partial charge in [-0.25, -0.2) is 4.99 Å². The molecule has 32 heavy (non-hydrogen) atoms. The van der Waals surface area contributed by atoms with Crippen LogP contribution in [0.4, 0.5) is 11.5 Å². The molecular formula is C23H29N5O4. The van der Waals surface area contributed by atoms with Crippen molar-refractivity contribution in [3.05, 3.63) is 41.1 Å². The average molecular weight is 440 g/mol. The Morgan fingerprint density at radius 1 is 1.22 bits per heavy atom. The van der Waals surface area contributed by atoms with Crippen molar-refractivity contribution in [2.45, 2.75) is 51.3 Å². The first-order chi connectivity index (χ1) is 15.5. The van der Waals surface area contributed by atoms with E-state index < -0.39 is 6.23 Å². The summed E-state index contributed by atoms with van der Waals surface area (Å²) in [4.78, 5) is 29.4. The largest absolute Gasteiger partial charge is 0.465 e. The Morgan fingerprint density at radius 2 is 1.97 bits per heavy atom. The number of hydrogen-bond donors (Lipinski definition) is 4. The molecule has 1 unspecified atom stereocenters. The van der Waals surface area contributed by atoms with E-state index in [9.17, 15) is 9.59 Å². The molecule has 9 nitrogen and oxygen atoms in total. The quantitative estimate of drug-likeness (QED) is 0.581. The summed E-state index contributed by atoms with van der Waals surface area (Å²) in [5.74, 6) is 1.02. The first kappa shape index (κ1) is 21.9. The van der Waals surface area contributed by atoms with Gasteiger partial charge in [-0.3, -0.25) is 9.59 Å². The van der Waals surface area contributed by atoms with Gasteiger partial charge in [-0.05, 0) is 55.4 Å². The van der Waals surface area contributed by atoms with E-state index in [-0.39, 0.29) is 17.9 Å². The van der Waals surface area contributed by atoms with Crippen LogP contribution in [0, 0.1) is 0 Å². The van der Waals surface area contributed by atoms with Crippen LogP contribution in [-0.2, 0) is 22.4 Å². The number of aliphatic imine (C=N–C) groups is 1. The van der Waals surface area contributed by atoms with Crippen LogP contribution in [0.25, 0.3) is 0 Å². The van der Waals surface area contributed by atoms with E-state index in [1.165, 1.54) is 24.5 Å². The molecule has 1 aromatic heterocycles. The topological polar surface area (TPSA) is 131 Å². The minimum atomic E-state index is -0.419. The summed E-state index contributed by atoms with van der Waals surface area (Å²) in [6.07, 6.45) is 8.14. The van der Waals surface area contributed by atoms with E-state index in [1.807, 2.05) is 6.07 Å². The Balaban J connectivity index is 0.000000567. The first-order valence-corrected chi connectivity index (χ1v) is 10.9. The lowest BCUT2D eigenvalue weighted by Crippen LogP contribution is -2.39. The van der Waals surface area contributed by atoms with Crippen molar-refractivity contribution in [3.63, 3.8) is 0 Å². The van der Waals surface area contributed by atoms with Gasteiger partial charge < -0.3 is 30.8 Å². The smallest absolute Gasteiger partial charge is 0.255 e. The molecule has 5 rings (SSSR count). The molecule has 1 aliphatic carbocycles. The minimum Gasteiger partial charge on any atom is -0.465 e. The standard InChI is InChI=1S/C21H24N4O3.C2H5NO/c26-21(24-15-6-8-27-9-7-15)17-11-22-20-19(17)25-18(12-23-20)28-16-5-4-13-2-1-3-14(13)10-16;1-2(3)4/h4-5,10-12,15,18,22,25H,1-3,6-9H2,(H,24,26);1H3,(H2,3,4). The molecule has 0 spiro atoms. The number of fused-ring (bicyclic) bond motifs is 2. The molecule has 2 aromatic rings. The van der Waals surface area contributed by atoms with Gasteiger partial charge in [0.15, 0.2) is 5.82 Å². The van der Waals surface area contributed by atoms with Gasteiger partial charge in [0.05, 0.1) is 17.5 Å². The van der Waals surface area contributed by atoms with Gasteiger partial charge in [-0.1, -0.05) is 6.07 Å². The maximum Gasteiger partial charge on any atom is 0.255 e. The van der Waals surface area contributed by atoms with Crippen LogP contribution in [0.1, 0.15) is 47.7 Å². The van der Waals surface area contributed by atoms with Crippen LogP contribution in [0.2, 0.25) is 0 Å². The van der Waals surface area contributed by atoms with Gasteiger partial charge in [0, 0.05) is 32.4 Å². The Bertz CT molecular complexity index is 1010. The lowest BCUT2D eigenvalue weighted by Gasteiger charge is -2.24. The summed E-state index contributed by atoms with van der Waals surface area (Å²) in [6, 6.07) is 6.41. The second-order valence-corrected chi connectivity index (χ2v) is 8.14. The van der Waals surface area contributed by atoms with Gasteiger partial charge in [-0.2, -0.15) is 0 Å². The van der Waals surface area contributed by atoms with Crippen molar-refractivity contribution in [2.75, 3.05) is 18.5 Å². The summed E-state index contributed by atoms with van der Waals surface area (Å²) >= 11 is 0. The lowest BCUT2D eigenvalue weighted by molar-refractivity contribution is -0.115. The number of nitrogens with zero attached hydrogens (tertiary/aromatic N) is 1. The normalized spacial score (nSPS) is 19.1. The zero-order valence-corrected chi connectivity index (χ0v) is 18.1. The SMILES string of the molecule is CC(N)=O.O=C(NC1CCOCC1)c1c[nH]c2c1NC(Oc1ccc3c(c1)CCC3)C=N2. The van der Waals surface area contributed by atoms with Crippen LogP contribution < -0.4 is 21.1 Å². The molecule has 0 saturated carbocycles. The third-order valence-corrected chi connectivity index (χ3v) is 5.62. The molecule has 170 valence electrons. The van der Waals surface area contributed by atoms with Crippen LogP contribution >= 0.6 is 0 Å². The number of nitrogens with one attached hydrogen (secondary N) is 3. The molecule has 1 saturated heterocycles. The predicted octanol–water partition coefficient (Wildman–Crippen LogP) is 2.44. The van der Waals surface area contributed by atoms with Crippen LogP contribution in [0.5, 0.6) is 5.75 Å². The number of benzene rings is 1. The fourth-order valence-electron chi connectivity index (χ4n) is 4.09. The predicted molar refractivity (Wildman–Crippen MR) is 122 cm³/mol. The number of nitrogens with two attached hydrogens (primary N) is 1. The van der Waals surface area contributed by atoms with Crippen LogP contribution in [-0.4, -0.2) is 48.5 Å². The van der Waals surface area contributed by atoms with Gasteiger partial charge >= 0.3 is 0 Å². The molecule has 1 aromatic carbocycles. The number of amides is 2. The molecule has 3 heterocycles. The third kappa shape index (κ3) is 5.28. The fraction of sp³-hybridized carbons (Fsp3) is 0.435. The van der Waals surface area contributed by atoms with Crippen molar-refractivity contribution in [2.24, 2.45) is 10.7 Å². The van der Waals surface area contributed by atoms with Crippen LogP contribution in [0.3, 0.4) is 0 Å². The number of primary amides is 1. The molecule has 0 radical (unpaired) electrons. The molecule has 1 atom stereocenters. The molecule has 2 aliphatic heterocycles. The summed E-state index contributed by atoms with van der Waals surface area (Å²) < 4.78 is 11.4. The van der Waals surface area contributed by atoms with E-state index in [2.05, 4.69) is 38.5 Å². The van der Waals surface area contributed by atoms with Crippen LogP contribution in [0.15, 0.2) is 29.4 Å². The molecule has 3 aliphatic rings. The number of aromatic amines is 1. The van der Waals surface area contributed by atoms with Crippen molar-refractivity contribution in [1.82, 2.24) is 10.3 Å². The first-order valence-electron chi connectivity index (χ1n) is 10.9. The molecule has 2 amide bonds. The second kappa shape index (κ2) is 9.86. The number of hydrogen-bond acceptors (Lipinski definition) is 6. The highest BCUT2D eigenvalue weighted by atomic mass is 16.5. The monoisotopic (exact) mass is 439 g/mol. The number of aromatic nitrogens is 1. The molecule has 9 heteroatoms. The number of anilines is 1. The zero-order valence-electron chi connectivity index (χ0n) is 18.1. The maximum absolute atomic E-state index is 12.7. The number of H-pyrrole nitrogens is 1. The number of carbonyl (C=O) groups is 2. The third-order valence-electron chi connectivity index (χ3n) is 5.62. The van der Waals surface area contributed by atoms with E-state index in [1.54, 1.807) is 12.4 Å². The number of rotatable bonds is 4. The number of ether oxygens (including phenoxy) is 2. The van der Waals surface area contributed by atoms with Crippen molar-refractivity contribution in [1.29, 1.82) is 0 Å². The highest BCUT2D eigenvalue weighted by Crippen LogP contribution is 2.32. The van der Waals surface area contributed by atoms with E-state index in [0.29, 0.717) is 30.3 Å².